The Morgan fingerprint density at radius 2 is 1.86 bits per heavy atom. The van der Waals surface area contributed by atoms with Crippen LogP contribution in [0.4, 0.5) is 24.7 Å². The lowest BCUT2D eigenvalue weighted by Gasteiger charge is -2.43. The number of halogens is 3. The van der Waals surface area contributed by atoms with Crippen molar-refractivity contribution >= 4 is 26.7 Å². The number of aromatic nitrogens is 3. The standard InChI is InChI=1S/C25H27F3N5O2P/c1-23(36)9-13-33(15-23)21-20(18(7-11-29-21)19-8-12-30-32(19)2)31-22(34)16-3-5-17(6-4-16)24(10-14-35-24)25(26,27)28/h3-8,11-12H,9-10,13-15,36H2,1-2H3,(H,31,34). The van der Waals surface area contributed by atoms with Crippen molar-refractivity contribution in [3.05, 3.63) is 59.9 Å². The number of carbonyl (C=O) groups excluding carboxylic acids is 1. The molecule has 1 N–H and O–H groups in total. The van der Waals surface area contributed by atoms with Crippen molar-refractivity contribution in [3.63, 3.8) is 0 Å². The molecule has 7 nitrogen and oxygen atoms in total. The van der Waals surface area contributed by atoms with Gasteiger partial charge < -0.3 is 15.0 Å². The van der Waals surface area contributed by atoms with E-state index in [0.717, 1.165) is 30.8 Å². The number of anilines is 2. The maximum Gasteiger partial charge on any atom is 0.421 e. The molecule has 0 radical (unpaired) electrons. The first-order valence-electron chi connectivity index (χ1n) is 11.6. The van der Waals surface area contributed by atoms with Crippen molar-refractivity contribution in [1.29, 1.82) is 0 Å². The molecule has 2 fully saturated rings. The van der Waals surface area contributed by atoms with Crippen LogP contribution in [0.15, 0.2) is 48.8 Å². The number of pyridine rings is 1. The molecule has 3 atom stereocenters. The fourth-order valence-electron chi connectivity index (χ4n) is 4.83. The predicted octanol–water partition coefficient (Wildman–Crippen LogP) is 4.76. The molecular formula is C25H27F3N5O2P. The lowest BCUT2D eigenvalue weighted by molar-refractivity contribution is -0.333. The van der Waals surface area contributed by atoms with Gasteiger partial charge in [-0.15, -0.1) is 9.24 Å². The number of hydrogen-bond donors (Lipinski definition) is 1. The van der Waals surface area contributed by atoms with Gasteiger partial charge in [-0.1, -0.05) is 19.1 Å². The van der Waals surface area contributed by atoms with Crippen molar-refractivity contribution in [2.75, 3.05) is 29.9 Å². The number of hydrogen-bond acceptors (Lipinski definition) is 5. The van der Waals surface area contributed by atoms with Gasteiger partial charge in [0.15, 0.2) is 11.4 Å². The van der Waals surface area contributed by atoms with Crippen LogP contribution in [0, 0.1) is 0 Å². The minimum absolute atomic E-state index is 0.00719. The van der Waals surface area contributed by atoms with Gasteiger partial charge >= 0.3 is 6.18 Å². The van der Waals surface area contributed by atoms with Crippen LogP contribution in [0.1, 0.15) is 35.7 Å². The lowest BCUT2D eigenvalue weighted by atomic mass is 9.85. The molecular weight excluding hydrogens is 490 g/mol. The summed E-state index contributed by atoms with van der Waals surface area (Å²) in [5.41, 5.74) is 0.0106. The second kappa shape index (κ2) is 8.85. The number of benzene rings is 1. The third-order valence-electron chi connectivity index (χ3n) is 6.94. The van der Waals surface area contributed by atoms with Crippen LogP contribution in [0.5, 0.6) is 0 Å². The number of carbonyl (C=O) groups is 1. The second-order valence-electron chi connectivity index (χ2n) is 9.68. The molecule has 3 aromatic rings. The highest BCUT2D eigenvalue weighted by molar-refractivity contribution is 7.19. The number of ether oxygens (including phenoxy) is 1. The number of rotatable bonds is 5. The number of alkyl halides is 3. The quantitative estimate of drug-likeness (QED) is 0.495. The van der Waals surface area contributed by atoms with Crippen LogP contribution in [0.25, 0.3) is 11.3 Å². The molecule has 2 saturated heterocycles. The summed E-state index contributed by atoms with van der Waals surface area (Å²) in [6.07, 6.45) is -0.337. The normalized spacial score (nSPS) is 24.0. The third kappa shape index (κ3) is 4.26. The van der Waals surface area contributed by atoms with E-state index in [9.17, 15) is 18.0 Å². The van der Waals surface area contributed by atoms with E-state index < -0.39 is 17.7 Å². The Balaban J connectivity index is 1.48. The number of aryl methyl sites for hydroxylation is 1. The van der Waals surface area contributed by atoms with E-state index in [1.807, 2.05) is 19.2 Å². The van der Waals surface area contributed by atoms with Gasteiger partial charge in [0.2, 0.25) is 0 Å². The molecule has 4 heterocycles. The molecule has 0 aliphatic carbocycles. The van der Waals surface area contributed by atoms with Crippen molar-refractivity contribution in [3.8, 4) is 11.3 Å². The smallest absolute Gasteiger partial charge is 0.361 e. The van der Waals surface area contributed by atoms with Gasteiger partial charge in [-0.3, -0.25) is 9.48 Å². The Labute approximate surface area is 209 Å². The molecule has 5 rings (SSSR count). The van der Waals surface area contributed by atoms with Crippen molar-refractivity contribution in [2.45, 2.75) is 36.7 Å². The second-order valence-corrected chi connectivity index (χ2v) is 11.1. The SMILES string of the molecule is Cn1nccc1-c1ccnc(N2CCC(C)(P)C2)c1NC(=O)c1ccc(C2(C(F)(F)F)CCO2)cc1. The van der Waals surface area contributed by atoms with E-state index in [-0.39, 0.29) is 29.3 Å². The Morgan fingerprint density at radius 1 is 1.14 bits per heavy atom. The maximum absolute atomic E-state index is 13.6. The van der Waals surface area contributed by atoms with Gasteiger partial charge in [0.05, 0.1) is 18.0 Å². The highest BCUT2D eigenvalue weighted by Crippen LogP contribution is 2.50. The largest absolute Gasteiger partial charge is 0.421 e. The zero-order valence-corrected chi connectivity index (χ0v) is 21.1. The molecule has 0 spiro atoms. The molecule has 3 unspecified atom stereocenters. The minimum atomic E-state index is -4.53. The molecule has 190 valence electrons. The van der Waals surface area contributed by atoms with Crippen LogP contribution < -0.4 is 10.2 Å². The van der Waals surface area contributed by atoms with E-state index in [1.165, 1.54) is 24.3 Å². The fourth-order valence-corrected chi connectivity index (χ4v) is 5.18. The highest BCUT2D eigenvalue weighted by atomic mass is 31.0. The van der Waals surface area contributed by atoms with Crippen LogP contribution in [-0.2, 0) is 17.4 Å². The monoisotopic (exact) mass is 517 g/mol. The first kappa shape index (κ1) is 24.7. The average Bonchev–Trinajstić information content (AvgIpc) is 3.37. The summed E-state index contributed by atoms with van der Waals surface area (Å²) in [5.74, 6) is 0.200. The summed E-state index contributed by atoms with van der Waals surface area (Å²) in [5, 5.41) is 7.26. The van der Waals surface area contributed by atoms with Crippen molar-refractivity contribution in [1.82, 2.24) is 14.8 Å². The van der Waals surface area contributed by atoms with Crippen LogP contribution in [0.3, 0.4) is 0 Å². The Morgan fingerprint density at radius 3 is 2.39 bits per heavy atom. The van der Waals surface area contributed by atoms with Gasteiger partial charge in [0, 0.05) is 55.2 Å². The summed E-state index contributed by atoms with van der Waals surface area (Å²) in [6, 6.07) is 9.09. The molecule has 2 aliphatic rings. The van der Waals surface area contributed by atoms with Gasteiger partial charge in [0.1, 0.15) is 0 Å². The van der Waals surface area contributed by atoms with Gasteiger partial charge in [-0.25, -0.2) is 4.98 Å². The molecule has 2 aromatic heterocycles. The molecule has 1 amide bonds. The van der Waals surface area contributed by atoms with Crippen LogP contribution in [0.2, 0.25) is 0 Å². The van der Waals surface area contributed by atoms with E-state index in [1.54, 1.807) is 17.1 Å². The molecule has 2 aliphatic heterocycles. The first-order chi connectivity index (χ1) is 17.0. The first-order valence-corrected chi connectivity index (χ1v) is 12.2. The number of nitrogens with zero attached hydrogens (tertiary/aromatic N) is 4. The number of amides is 1. The molecule has 0 bridgehead atoms. The van der Waals surface area contributed by atoms with Crippen LogP contribution in [-0.4, -0.2) is 51.7 Å². The summed E-state index contributed by atoms with van der Waals surface area (Å²) in [6.45, 7) is 3.73. The van der Waals surface area contributed by atoms with Gasteiger partial charge in [-0.2, -0.15) is 18.3 Å². The lowest BCUT2D eigenvalue weighted by Crippen LogP contribution is -2.52. The van der Waals surface area contributed by atoms with E-state index in [2.05, 4.69) is 36.5 Å². The average molecular weight is 517 g/mol. The van der Waals surface area contributed by atoms with Gasteiger partial charge in [0.25, 0.3) is 5.91 Å². The van der Waals surface area contributed by atoms with Gasteiger partial charge in [-0.05, 0) is 36.2 Å². The number of nitrogens with one attached hydrogen (secondary N) is 1. The van der Waals surface area contributed by atoms with E-state index in [4.69, 9.17) is 4.74 Å². The fraction of sp³-hybridized carbons (Fsp3) is 0.400. The Bertz CT molecular complexity index is 1290. The predicted molar refractivity (Wildman–Crippen MR) is 134 cm³/mol. The maximum atomic E-state index is 13.6. The Hall–Kier alpha value is -2.97. The summed E-state index contributed by atoms with van der Waals surface area (Å²) in [7, 11) is 4.70. The molecule has 11 heteroatoms. The topological polar surface area (TPSA) is 72.3 Å². The van der Waals surface area contributed by atoms with Crippen molar-refractivity contribution < 1.29 is 22.7 Å². The third-order valence-corrected chi connectivity index (χ3v) is 7.42. The van der Waals surface area contributed by atoms with E-state index >= 15 is 0 Å². The molecule has 36 heavy (non-hydrogen) atoms. The van der Waals surface area contributed by atoms with E-state index in [0.29, 0.717) is 11.5 Å². The molecule has 1 aromatic carbocycles. The molecule has 0 saturated carbocycles. The zero-order chi connectivity index (χ0) is 25.7. The highest BCUT2D eigenvalue weighted by Gasteiger charge is 2.61. The minimum Gasteiger partial charge on any atom is -0.361 e. The summed E-state index contributed by atoms with van der Waals surface area (Å²) in [4.78, 5) is 20.0. The summed E-state index contributed by atoms with van der Waals surface area (Å²) < 4.78 is 47.6. The van der Waals surface area contributed by atoms with Crippen molar-refractivity contribution in [2.24, 2.45) is 7.05 Å². The Kier molecular flexibility index (Phi) is 6.08. The zero-order valence-electron chi connectivity index (χ0n) is 20.0. The summed E-state index contributed by atoms with van der Waals surface area (Å²) >= 11 is 0. The van der Waals surface area contributed by atoms with Crippen LogP contribution >= 0.6 is 9.24 Å².